The summed E-state index contributed by atoms with van der Waals surface area (Å²) >= 11 is -11.2. The molecule has 0 radical (unpaired) electrons. The fraction of sp³-hybridized carbons (Fsp3) is 0. The monoisotopic (exact) mass is 202 g/mol. The van der Waals surface area contributed by atoms with Crippen LogP contribution < -0.4 is 0 Å². The third kappa shape index (κ3) is 134. The van der Waals surface area contributed by atoms with Gasteiger partial charge in [-0.25, -0.2) is 0 Å². The van der Waals surface area contributed by atoms with Crippen molar-refractivity contribution in [2.75, 3.05) is 0 Å². The summed E-state index contributed by atoms with van der Waals surface area (Å²) in [6.07, 6.45) is 0. The third-order valence-corrected chi connectivity index (χ3v) is 0. The van der Waals surface area contributed by atoms with Gasteiger partial charge in [-0.1, -0.05) is 0 Å². The Morgan fingerprint density at radius 1 is 0.625 bits per heavy atom. The van der Waals surface area contributed by atoms with Crippen molar-refractivity contribution in [3.05, 3.63) is 0 Å². The van der Waals surface area contributed by atoms with Crippen LogP contribution in [0.4, 0.5) is 18.6 Å². The Balaban J connectivity index is 0. The predicted octanol–water partition coefficient (Wildman–Crippen LogP) is 2.14. The minimum absolute atomic E-state index is 0. The van der Waals surface area contributed by atoms with Gasteiger partial charge in [-0.15, -0.1) is 0 Å². The molecule has 0 saturated carbocycles. The molecule has 0 saturated heterocycles. The van der Waals surface area contributed by atoms with Crippen molar-refractivity contribution in [1.82, 2.24) is 0 Å². The maximum absolute atomic E-state index is 11.2. The number of rotatable bonds is 0. The van der Waals surface area contributed by atoms with Crippen LogP contribution in [0.25, 0.3) is 0 Å². The first-order valence-corrected chi connectivity index (χ1v) is 4.68. The van der Waals surface area contributed by atoms with Crippen LogP contribution >= 0.6 is 0 Å². The zero-order valence-electron chi connectivity index (χ0n) is 3.47. The topological polar surface area (TPSA) is 0 Å². The number of hydrogen-bond acceptors (Lipinski definition) is 0. The van der Waals surface area contributed by atoms with E-state index in [2.05, 4.69) is 0 Å². The Hall–Kier alpha value is 1.55. The first-order valence-electron chi connectivity index (χ1n) is 1.13. The summed E-state index contributed by atoms with van der Waals surface area (Å²) in [5, 5.41) is 0. The van der Waals surface area contributed by atoms with E-state index < -0.39 is 17.2 Å². The van der Waals surface area contributed by atoms with E-state index in [1.807, 2.05) is 0 Å². The molecule has 0 N–H and O–H groups in total. The van der Waals surface area contributed by atoms with E-state index in [1.165, 1.54) is 0 Å². The molecule has 0 spiro atoms. The van der Waals surface area contributed by atoms with Gasteiger partial charge in [0.2, 0.25) is 0 Å². The van der Waals surface area contributed by atoms with Gasteiger partial charge in [0, 0.05) is 0 Å². The molecule has 0 amide bonds. The zero-order valence-corrected chi connectivity index (χ0v) is 7.24. The SMILES string of the molecule is [Ca+2].[F][Ti-2]([F])([F])([F])([F])[F]. The van der Waals surface area contributed by atoms with E-state index >= 15 is 0 Å². The van der Waals surface area contributed by atoms with Gasteiger partial charge in [-0.2, -0.15) is 0 Å². The van der Waals surface area contributed by atoms with Crippen molar-refractivity contribution in [1.29, 1.82) is 0 Å². The molecule has 0 unspecified atom stereocenters. The minimum atomic E-state index is -11.2. The second-order valence-electron chi connectivity index (χ2n) is 1.07. The zero-order chi connectivity index (χ0) is 6.41. The van der Waals surface area contributed by atoms with E-state index in [9.17, 15) is 18.6 Å². The van der Waals surface area contributed by atoms with Crippen LogP contribution in [0, 0.1) is 0 Å². The van der Waals surface area contributed by atoms with Crippen molar-refractivity contribution in [3.63, 3.8) is 0 Å². The Kier molecular flexibility index (Phi) is 2.73. The fourth-order valence-corrected chi connectivity index (χ4v) is 0. The Labute approximate surface area is 72.7 Å². The average molecular weight is 202 g/mol. The van der Waals surface area contributed by atoms with Gasteiger partial charge in [-0.05, 0) is 0 Å². The van der Waals surface area contributed by atoms with Crippen LogP contribution in [-0.4, -0.2) is 37.7 Å². The van der Waals surface area contributed by atoms with Crippen molar-refractivity contribution in [3.8, 4) is 0 Å². The quantitative estimate of drug-likeness (QED) is 0.417. The molecule has 0 aliphatic rings. The van der Waals surface area contributed by atoms with Gasteiger partial charge in [-0.3, -0.25) is 0 Å². The molecule has 0 fully saturated rings. The Morgan fingerprint density at radius 3 is 0.625 bits per heavy atom. The van der Waals surface area contributed by atoms with Crippen LogP contribution in [0.15, 0.2) is 0 Å². The molecule has 0 heterocycles. The summed E-state index contributed by atoms with van der Waals surface area (Å²) in [6.45, 7) is 0. The van der Waals surface area contributed by atoms with E-state index in [0.717, 1.165) is 0 Å². The van der Waals surface area contributed by atoms with Gasteiger partial charge in [0.25, 0.3) is 0 Å². The molecular formula is CaF6Ti. The summed E-state index contributed by atoms with van der Waals surface area (Å²) in [7, 11) is 0. The first-order chi connectivity index (χ1) is 2.45. The molecule has 0 rings (SSSR count). The van der Waals surface area contributed by atoms with Crippen molar-refractivity contribution in [2.45, 2.75) is 0 Å². The van der Waals surface area contributed by atoms with Crippen LogP contribution in [0.3, 0.4) is 0 Å². The molecule has 8 heteroatoms. The predicted molar refractivity (Wildman–Crippen MR) is 12.4 cm³/mol. The van der Waals surface area contributed by atoms with E-state index in [1.54, 1.807) is 0 Å². The van der Waals surface area contributed by atoms with Gasteiger partial charge < -0.3 is 0 Å². The van der Waals surface area contributed by atoms with E-state index in [0.29, 0.717) is 0 Å². The van der Waals surface area contributed by atoms with E-state index in [4.69, 9.17) is 0 Å². The van der Waals surface area contributed by atoms with E-state index in [-0.39, 0.29) is 37.7 Å². The molecule has 0 atom stereocenters. The normalized spacial score (nSPS) is 20.2. The summed E-state index contributed by atoms with van der Waals surface area (Å²) in [4.78, 5) is 0. The molecule has 48 valence electrons. The molecule has 0 nitrogen and oxygen atoms in total. The Morgan fingerprint density at radius 2 is 0.625 bits per heavy atom. The molecule has 0 aliphatic carbocycles. The summed E-state index contributed by atoms with van der Waals surface area (Å²) in [5.41, 5.74) is 0. The summed E-state index contributed by atoms with van der Waals surface area (Å²) in [6, 6.07) is 0. The molecule has 0 bridgehead atoms. The van der Waals surface area contributed by atoms with Crippen LogP contribution in [0.1, 0.15) is 0 Å². The number of hydrogen-bond donors (Lipinski definition) is 0. The van der Waals surface area contributed by atoms with Gasteiger partial charge in [0.15, 0.2) is 0 Å². The van der Waals surface area contributed by atoms with Crippen molar-refractivity contribution < 1.29 is 35.8 Å². The molecular weight excluding hydrogens is 202 g/mol. The molecule has 8 heavy (non-hydrogen) atoms. The van der Waals surface area contributed by atoms with Gasteiger partial charge in [0.1, 0.15) is 0 Å². The molecule has 0 aromatic heterocycles. The summed E-state index contributed by atoms with van der Waals surface area (Å²) in [5.74, 6) is 0. The third-order valence-electron chi connectivity index (χ3n) is 0. The first kappa shape index (κ1) is 12.3. The van der Waals surface area contributed by atoms with Crippen molar-refractivity contribution in [2.24, 2.45) is 0 Å². The van der Waals surface area contributed by atoms with Crippen molar-refractivity contribution >= 4 is 37.7 Å². The average Bonchev–Trinajstić information content (AvgIpc) is 0.592. The fourth-order valence-electron chi connectivity index (χ4n) is 0. The van der Waals surface area contributed by atoms with Gasteiger partial charge in [0.05, 0.1) is 0 Å². The standard InChI is InChI=1S/Ca.6FH.Ti/h;6*1H;/q+2;;;;;;;+4/p-6. The number of halogens is 6. The second-order valence-corrected chi connectivity index (χ2v) is 4.42. The van der Waals surface area contributed by atoms with Crippen LogP contribution in [0.2, 0.25) is 0 Å². The Bertz CT molecular complexity index is 67.1. The molecule has 0 aromatic rings. The van der Waals surface area contributed by atoms with Crippen LogP contribution in [0.5, 0.6) is 0 Å². The molecule has 0 aromatic carbocycles. The summed E-state index contributed by atoms with van der Waals surface area (Å²) < 4.78 is 59.5. The maximum atomic E-state index is 9.92. The second kappa shape index (κ2) is 1.78. The van der Waals surface area contributed by atoms with Gasteiger partial charge >= 0.3 is 73.5 Å². The molecule has 0 aliphatic heterocycles. The van der Waals surface area contributed by atoms with Crippen LogP contribution in [-0.2, 0) is 17.2 Å².